The van der Waals surface area contributed by atoms with Gasteiger partial charge in [-0.25, -0.2) is 4.39 Å². The smallest absolute Gasteiger partial charge is 0.309 e. The summed E-state index contributed by atoms with van der Waals surface area (Å²) in [5.41, 5.74) is 0.379. The van der Waals surface area contributed by atoms with Crippen LogP contribution in [0.15, 0.2) is 48.5 Å². The largest absolute Gasteiger partial charge is 0.416 e. The summed E-state index contributed by atoms with van der Waals surface area (Å²) in [6.07, 6.45) is -4.35. The summed E-state index contributed by atoms with van der Waals surface area (Å²) in [5.74, 6) is -0.337. The number of halogens is 5. The number of alkyl halides is 3. The summed E-state index contributed by atoms with van der Waals surface area (Å²) in [4.78, 5) is 0. The Morgan fingerprint density at radius 3 is 2.10 bits per heavy atom. The van der Waals surface area contributed by atoms with E-state index in [1.807, 2.05) is 0 Å². The normalized spacial score (nSPS) is 11.0. The lowest BCUT2D eigenvalue weighted by Crippen LogP contribution is -2.17. The molecule has 0 atom stereocenters. The summed E-state index contributed by atoms with van der Waals surface area (Å²) in [6.45, 7) is 0.486. The Hall–Kier alpha value is -1.59. The zero-order valence-corrected chi connectivity index (χ0v) is 11.8. The van der Waals surface area contributed by atoms with Crippen LogP contribution in [0.4, 0.5) is 17.6 Å². The minimum absolute atomic E-state index is 0. The molecule has 2 aromatic carbocycles. The first kappa shape index (κ1) is 17.5. The number of rotatable bonds is 4. The fraction of sp³-hybridized carbons (Fsp3) is 0.200. The molecule has 0 spiro atoms. The van der Waals surface area contributed by atoms with Gasteiger partial charge in [0.2, 0.25) is 0 Å². The number of hydrogen-bond acceptors (Lipinski definition) is 1. The van der Waals surface area contributed by atoms with E-state index < -0.39 is 11.7 Å². The van der Waals surface area contributed by atoms with Gasteiger partial charge in [-0.05, 0) is 29.3 Å². The van der Waals surface area contributed by atoms with Crippen molar-refractivity contribution in [2.75, 3.05) is 0 Å². The molecule has 114 valence electrons. The molecule has 0 radical (unpaired) electrons. The van der Waals surface area contributed by atoms with E-state index in [1.54, 1.807) is 18.2 Å². The van der Waals surface area contributed by atoms with Crippen molar-refractivity contribution in [3.05, 3.63) is 71.0 Å². The van der Waals surface area contributed by atoms with Gasteiger partial charge >= 0.3 is 6.18 Å². The summed E-state index contributed by atoms with van der Waals surface area (Å²) in [6, 6.07) is 11.3. The molecular formula is C15H14ClF4N. The number of benzene rings is 2. The maximum Gasteiger partial charge on any atom is 0.416 e. The Morgan fingerprint density at radius 1 is 0.857 bits per heavy atom. The molecule has 2 aromatic rings. The summed E-state index contributed by atoms with van der Waals surface area (Å²) in [7, 11) is 0. The second-order valence-electron chi connectivity index (χ2n) is 4.38. The lowest BCUT2D eigenvalue weighted by atomic mass is 10.1. The van der Waals surface area contributed by atoms with Crippen LogP contribution in [0.25, 0.3) is 0 Å². The molecule has 0 saturated carbocycles. The van der Waals surface area contributed by atoms with Crippen molar-refractivity contribution in [1.29, 1.82) is 0 Å². The minimum atomic E-state index is -4.35. The van der Waals surface area contributed by atoms with E-state index in [2.05, 4.69) is 5.32 Å². The van der Waals surface area contributed by atoms with Crippen LogP contribution in [-0.2, 0) is 19.3 Å². The average molecular weight is 320 g/mol. The molecule has 0 aliphatic heterocycles. The molecule has 0 aliphatic carbocycles. The lowest BCUT2D eigenvalue weighted by Gasteiger charge is -2.13. The molecule has 0 heterocycles. The van der Waals surface area contributed by atoms with Gasteiger partial charge in [-0.2, -0.15) is 13.2 Å². The summed E-state index contributed by atoms with van der Waals surface area (Å²) in [5, 5.41) is 2.93. The lowest BCUT2D eigenvalue weighted by molar-refractivity contribution is -0.138. The molecule has 0 amide bonds. The van der Waals surface area contributed by atoms with Crippen LogP contribution in [0.5, 0.6) is 0 Å². The van der Waals surface area contributed by atoms with Crippen LogP contribution in [0.1, 0.15) is 16.7 Å². The van der Waals surface area contributed by atoms with Gasteiger partial charge in [0.1, 0.15) is 5.82 Å². The van der Waals surface area contributed by atoms with E-state index in [-0.39, 0.29) is 30.3 Å². The quantitative estimate of drug-likeness (QED) is 0.815. The third-order valence-electron chi connectivity index (χ3n) is 2.88. The highest BCUT2D eigenvalue weighted by Gasteiger charge is 2.32. The van der Waals surface area contributed by atoms with Gasteiger partial charge in [0, 0.05) is 13.1 Å². The van der Waals surface area contributed by atoms with E-state index >= 15 is 0 Å². The third kappa shape index (κ3) is 5.02. The predicted octanol–water partition coefficient (Wildman–Crippen LogP) is 4.56. The highest BCUT2D eigenvalue weighted by molar-refractivity contribution is 5.85. The van der Waals surface area contributed by atoms with Crippen LogP contribution in [0.2, 0.25) is 0 Å². The van der Waals surface area contributed by atoms with Gasteiger partial charge in [-0.3, -0.25) is 0 Å². The van der Waals surface area contributed by atoms with Crippen molar-refractivity contribution in [2.45, 2.75) is 19.3 Å². The standard InChI is InChI=1S/C15H13F4N.ClH/c16-13-7-5-11(6-8-13)9-20-10-12-3-1-2-4-14(12)15(17,18)19;/h1-8,20H,9-10H2;1H. The van der Waals surface area contributed by atoms with Crippen molar-refractivity contribution >= 4 is 12.4 Å². The molecule has 0 unspecified atom stereocenters. The Kier molecular flexibility index (Phi) is 6.18. The molecule has 0 aromatic heterocycles. The molecular weight excluding hydrogens is 306 g/mol. The Labute approximate surface area is 126 Å². The van der Waals surface area contributed by atoms with E-state index in [9.17, 15) is 17.6 Å². The first-order valence-electron chi connectivity index (χ1n) is 6.07. The van der Waals surface area contributed by atoms with Crippen LogP contribution in [-0.4, -0.2) is 0 Å². The van der Waals surface area contributed by atoms with Crippen LogP contribution in [0, 0.1) is 5.82 Å². The summed E-state index contributed by atoms with van der Waals surface area (Å²) < 4.78 is 51.0. The fourth-order valence-electron chi connectivity index (χ4n) is 1.89. The van der Waals surface area contributed by atoms with Gasteiger partial charge in [0.05, 0.1) is 5.56 Å². The maximum atomic E-state index is 12.8. The Bertz CT molecular complexity index is 567. The topological polar surface area (TPSA) is 12.0 Å². The van der Waals surface area contributed by atoms with Crippen molar-refractivity contribution in [1.82, 2.24) is 5.32 Å². The molecule has 0 bridgehead atoms. The van der Waals surface area contributed by atoms with Gasteiger partial charge in [0.15, 0.2) is 0 Å². The molecule has 21 heavy (non-hydrogen) atoms. The zero-order chi connectivity index (χ0) is 14.6. The predicted molar refractivity (Wildman–Crippen MR) is 75.6 cm³/mol. The highest BCUT2D eigenvalue weighted by atomic mass is 35.5. The number of hydrogen-bond donors (Lipinski definition) is 1. The molecule has 6 heteroatoms. The number of nitrogens with one attached hydrogen (secondary N) is 1. The SMILES string of the molecule is Cl.Fc1ccc(CNCc2ccccc2C(F)(F)F)cc1. The van der Waals surface area contributed by atoms with Gasteiger partial charge < -0.3 is 5.32 Å². The third-order valence-corrected chi connectivity index (χ3v) is 2.88. The van der Waals surface area contributed by atoms with Crippen molar-refractivity contribution in [2.24, 2.45) is 0 Å². The van der Waals surface area contributed by atoms with Gasteiger partial charge in [0.25, 0.3) is 0 Å². The van der Waals surface area contributed by atoms with Gasteiger partial charge in [-0.15, -0.1) is 12.4 Å². The molecule has 1 nitrogen and oxygen atoms in total. The first-order chi connectivity index (χ1) is 9.47. The zero-order valence-electron chi connectivity index (χ0n) is 11.0. The van der Waals surface area contributed by atoms with Crippen LogP contribution < -0.4 is 5.32 Å². The highest BCUT2D eigenvalue weighted by Crippen LogP contribution is 2.31. The van der Waals surface area contributed by atoms with Crippen molar-refractivity contribution in [3.8, 4) is 0 Å². The molecule has 1 N–H and O–H groups in total. The molecule has 0 fully saturated rings. The van der Waals surface area contributed by atoms with Crippen molar-refractivity contribution < 1.29 is 17.6 Å². The second kappa shape index (κ2) is 7.43. The Morgan fingerprint density at radius 2 is 1.48 bits per heavy atom. The Balaban J connectivity index is 0.00000220. The average Bonchev–Trinajstić information content (AvgIpc) is 2.40. The van der Waals surface area contributed by atoms with Gasteiger partial charge in [-0.1, -0.05) is 30.3 Å². The molecule has 0 saturated heterocycles. The van der Waals surface area contributed by atoms with E-state index in [4.69, 9.17) is 0 Å². The summed E-state index contributed by atoms with van der Waals surface area (Å²) >= 11 is 0. The second-order valence-corrected chi connectivity index (χ2v) is 4.38. The van der Waals surface area contributed by atoms with Crippen molar-refractivity contribution in [3.63, 3.8) is 0 Å². The maximum absolute atomic E-state index is 12.8. The first-order valence-corrected chi connectivity index (χ1v) is 6.07. The molecule has 0 aliphatic rings. The van der Waals surface area contributed by atoms with E-state index in [0.717, 1.165) is 11.6 Å². The van der Waals surface area contributed by atoms with E-state index in [1.165, 1.54) is 24.3 Å². The molecule has 2 rings (SSSR count). The minimum Gasteiger partial charge on any atom is -0.309 e. The fourth-order valence-corrected chi connectivity index (χ4v) is 1.89. The van der Waals surface area contributed by atoms with E-state index in [0.29, 0.717) is 6.54 Å². The van der Waals surface area contributed by atoms with Crippen LogP contribution in [0.3, 0.4) is 0 Å². The monoisotopic (exact) mass is 319 g/mol. The van der Waals surface area contributed by atoms with Crippen LogP contribution >= 0.6 is 12.4 Å².